The predicted octanol–water partition coefficient (Wildman–Crippen LogP) is 3.36. The number of rotatable bonds is 8. The quantitative estimate of drug-likeness (QED) is 0.198. The first-order chi connectivity index (χ1) is 18.4. The molecule has 0 aliphatic rings. The average Bonchev–Trinajstić information content (AvgIpc) is 3.29. The molecule has 0 aliphatic carbocycles. The summed E-state index contributed by atoms with van der Waals surface area (Å²) in [5.74, 6) is -4.11. The van der Waals surface area contributed by atoms with Crippen molar-refractivity contribution < 1.29 is 61.1 Å². The molecule has 0 radical (unpaired) electrons. The van der Waals surface area contributed by atoms with Crippen molar-refractivity contribution >= 4 is 39.0 Å². The van der Waals surface area contributed by atoms with E-state index in [0.717, 1.165) is 27.0 Å². The van der Waals surface area contributed by atoms with Crippen molar-refractivity contribution in [1.29, 1.82) is 0 Å². The minimum atomic E-state index is -5.08. The Kier molecular flexibility index (Phi) is 13.3. The lowest BCUT2D eigenvalue weighted by Gasteiger charge is -2.16. The molecule has 0 aliphatic heterocycles. The molecule has 2 aromatic heterocycles. The number of aliphatic carboxylic acids is 2. The molecule has 0 saturated heterocycles. The van der Waals surface area contributed by atoms with E-state index in [9.17, 15) is 31.4 Å². The maximum Gasteiger partial charge on any atom is 0.490 e. The number of aromatic amines is 1. The number of halogens is 7. The van der Waals surface area contributed by atoms with E-state index in [0.29, 0.717) is 12.3 Å². The summed E-state index contributed by atoms with van der Waals surface area (Å²) < 4.78 is 70.0. The molecule has 2 unspecified atom stereocenters. The van der Waals surface area contributed by atoms with Gasteiger partial charge in [-0.1, -0.05) is 0 Å². The summed E-state index contributed by atoms with van der Waals surface area (Å²) in [5.41, 5.74) is 2.45. The second-order valence-electron chi connectivity index (χ2n) is 7.69. The highest BCUT2D eigenvalue weighted by Gasteiger charge is 2.38. The third kappa shape index (κ3) is 12.6. The second kappa shape index (κ2) is 15.3. The molecule has 222 valence electrons. The van der Waals surface area contributed by atoms with Crippen LogP contribution in [0.1, 0.15) is 6.92 Å². The van der Waals surface area contributed by atoms with Gasteiger partial charge in [-0.2, -0.15) is 26.3 Å². The molecular weight excluding hydrogens is 626 g/mol. The molecule has 0 bridgehead atoms. The summed E-state index contributed by atoms with van der Waals surface area (Å²) in [7, 11) is 0. The predicted molar refractivity (Wildman–Crippen MR) is 130 cm³/mol. The zero-order valence-electron chi connectivity index (χ0n) is 20.3. The summed E-state index contributed by atoms with van der Waals surface area (Å²) in [6.07, 6.45) is -9.09. The number of benzene rings is 1. The zero-order chi connectivity index (χ0) is 30.7. The number of aliphatic hydroxyl groups is 2. The maximum atomic E-state index is 10.6. The van der Waals surface area contributed by atoms with Crippen molar-refractivity contribution in [2.24, 2.45) is 0 Å². The smallest absolute Gasteiger partial charge is 0.490 e. The van der Waals surface area contributed by atoms with Crippen LogP contribution in [0.3, 0.4) is 0 Å². The number of pyridine rings is 1. The molecule has 0 amide bonds. The molecular formula is C22H23BrF6N4O7. The van der Waals surface area contributed by atoms with Crippen LogP contribution in [-0.2, 0) is 9.59 Å². The third-order valence-corrected chi connectivity index (χ3v) is 4.77. The number of nitrogens with one attached hydrogen (secondary N) is 2. The molecule has 1 aromatic carbocycles. The number of hydrogen-bond donors (Lipinski definition) is 6. The standard InChI is InChI=1S/C18H21BrN4O3.2C2HF3O2/c1-11(9-24)20-8-14(25)10-26-15-4-2-12(3-5-15)17-22-16-6-13(19)7-21-18(16)23-17;2*3-2(4,5)1(6)7/h2-7,11,14,20,24-25H,8-10H2,1H3,(H,21,22,23);2*(H,6,7). The third-order valence-electron chi connectivity index (χ3n) is 4.33. The van der Waals surface area contributed by atoms with Gasteiger partial charge in [0.2, 0.25) is 0 Å². The van der Waals surface area contributed by atoms with Gasteiger partial charge in [-0.25, -0.2) is 19.6 Å². The Bertz CT molecular complexity index is 1220. The second-order valence-corrected chi connectivity index (χ2v) is 8.61. The number of aromatic nitrogens is 3. The van der Waals surface area contributed by atoms with Crippen LogP contribution in [0.25, 0.3) is 22.6 Å². The van der Waals surface area contributed by atoms with Crippen LogP contribution in [0.5, 0.6) is 5.75 Å². The maximum absolute atomic E-state index is 10.6. The van der Waals surface area contributed by atoms with E-state index in [-0.39, 0.29) is 19.3 Å². The number of ether oxygens (including phenoxy) is 1. The van der Waals surface area contributed by atoms with Gasteiger partial charge >= 0.3 is 24.3 Å². The van der Waals surface area contributed by atoms with Crippen LogP contribution in [0.15, 0.2) is 41.0 Å². The monoisotopic (exact) mass is 648 g/mol. The number of carboxylic acids is 2. The summed E-state index contributed by atoms with van der Waals surface area (Å²) in [4.78, 5) is 29.8. The Balaban J connectivity index is 0.000000473. The number of H-pyrrole nitrogens is 1. The Hall–Kier alpha value is -3.48. The highest BCUT2D eigenvalue weighted by molar-refractivity contribution is 9.10. The molecule has 2 atom stereocenters. The van der Waals surface area contributed by atoms with E-state index >= 15 is 0 Å². The fourth-order valence-corrected chi connectivity index (χ4v) is 2.69. The summed E-state index contributed by atoms with van der Waals surface area (Å²) in [5, 5.41) is 36.1. The van der Waals surface area contributed by atoms with Crippen LogP contribution >= 0.6 is 15.9 Å². The van der Waals surface area contributed by atoms with Crippen LogP contribution in [0.4, 0.5) is 26.3 Å². The summed E-state index contributed by atoms with van der Waals surface area (Å²) in [6.45, 7) is 2.41. The Morgan fingerprint density at radius 1 is 1.07 bits per heavy atom. The lowest BCUT2D eigenvalue weighted by atomic mass is 10.2. The minimum absolute atomic E-state index is 0.0311. The fourth-order valence-electron chi connectivity index (χ4n) is 2.37. The Morgan fingerprint density at radius 2 is 1.60 bits per heavy atom. The van der Waals surface area contributed by atoms with Crippen molar-refractivity contribution in [2.75, 3.05) is 19.8 Å². The van der Waals surface area contributed by atoms with Gasteiger partial charge in [0.15, 0.2) is 5.65 Å². The van der Waals surface area contributed by atoms with Crippen molar-refractivity contribution in [3.63, 3.8) is 0 Å². The van der Waals surface area contributed by atoms with Gasteiger partial charge in [0.05, 0.1) is 6.61 Å². The fraction of sp³-hybridized carbons (Fsp3) is 0.364. The van der Waals surface area contributed by atoms with Crippen LogP contribution in [0, 0.1) is 0 Å². The minimum Gasteiger partial charge on any atom is -0.491 e. The number of imidazole rings is 1. The van der Waals surface area contributed by atoms with Gasteiger partial charge in [0.1, 0.15) is 29.8 Å². The molecule has 18 heteroatoms. The Labute approximate surface area is 230 Å². The van der Waals surface area contributed by atoms with Gasteiger partial charge in [-0.3, -0.25) is 0 Å². The van der Waals surface area contributed by atoms with Crippen molar-refractivity contribution in [1.82, 2.24) is 20.3 Å². The molecule has 3 rings (SSSR count). The zero-order valence-corrected chi connectivity index (χ0v) is 21.9. The van der Waals surface area contributed by atoms with Gasteiger partial charge in [0.25, 0.3) is 0 Å². The first kappa shape index (κ1) is 34.5. The number of carboxylic acid groups (broad SMARTS) is 2. The van der Waals surface area contributed by atoms with Gasteiger partial charge < -0.3 is 35.5 Å². The first-order valence-corrected chi connectivity index (χ1v) is 11.6. The van der Waals surface area contributed by atoms with Gasteiger partial charge in [-0.05, 0) is 53.2 Å². The molecule has 6 N–H and O–H groups in total. The molecule has 2 heterocycles. The number of alkyl halides is 6. The van der Waals surface area contributed by atoms with Crippen molar-refractivity contribution in [3.8, 4) is 17.1 Å². The Morgan fingerprint density at radius 3 is 2.08 bits per heavy atom. The average molecular weight is 649 g/mol. The van der Waals surface area contributed by atoms with E-state index < -0.39 is 30.4 Å². The van der Waals surface area contributed by atoms with Gasteiger partial charge in [-0.15, -0.1) is 0 Å². The highest BCUT2D eigenvalue weighted by Crippen LogP contribution is 2.23. The van der Waals surface area contributed by atoms with E-state index in [2.05, 4.69) is 36.2 Å². The molecule has 40 heavy (non-hydrogen) atoms. The van der Waals surface area contributed by atoms with Crippen LogP contribution < -0.4 is 10.1 Å². The molecule has 0 saturated carbocycles. The van der Waals surface area contributed by atoms with E-state index in [4.69, 9.17) is 29.6 Å². The molecule has 0 spiro atoms. The van der Waals surface area contributed by atoms with E-state index in [1.165, 1.54) is 0 Å². The number of carbonyl (C=O) groups is 2. The highest BCUT2D eigenvalue weighted by atomic mass is 79.9. The SMILES string of the molecule is CC(CO)NCC(O)COc1ccc(-c2nc3cc(Br)cnc3[nH]2)cc1.O=C(O)C(F)(F)F.O=C(O)C(F)(F)F. The van der Waals surface area contributed by atoms with Crippen LogP contribution in [0.2, 0.25) is 0 Å². The molecule has 0 fully saturated rings. The number of fused-ring (bicyclic) bond motifs is 1. The van der Waals surface area contributed by atoms with Gasteiger partial charge in [0, 0.05) is 28.8 Å². The topological polar surface area (TPSA) is 178 Å². The first-order valence-electron chi connectivity index (χ1n) is 10.8. The summed E-state index contributed by atoms with van der Waals surface area (Å²) >= 11 is 3.39. The van der Waals surface area contributed by atoms with E-state index in [1.807, 2.05) is 37.3 Å². The van der Waals surface area contributed by atoms with Crippen molar-refractivity contribution in [3.05, 3.63) is 41.0 Å². The normalized spacial score (nSPS) is 12.8. The number of nitrogens with zero attached hydrogens (tertiary/aromatic N) is 2. The van der Waals surface area contributed by atoms with Crippen LogP contribution in [-0.4, -0.2) is 91.6 Å². The summed E-state index contributed by atoms with van der Waals surface area (Å²) in [6, 6.07) is 9.33. The lowest BCUT2D eigenvalue weighted by Crippen LogP contribution is -2.38. The van der Waals surface area contributed by atoms with E-state index in [1.54, 1.807) is 6.20 Å². The number of aliphatic hydroxyl groups excluding tert-OH is 2. The largest absolute Gasteiger partial charge is 0.491 e. The molecule has 11 nitrogen and oxygen atoms in total. The van der Waals surface area contributed by atoms with Crippen molar-refractivity contribution in [2.45, 2.75) is 31.4 Å². The lowest BCUT2D eigenvalue weighted by molar-refractivity contribution is -0.193. The molecule has 3 aromatic rings. The number of hydrogen-bond acceptors (Lipinski definition) is 8.